The highest BCUT2D eigenvalue weighted by Crippen LogP contribution is 2.32. The van der Waals surface area contributed by atoms with E-state index >= 15 is 0 Å². The standard InChI is InChI=1S/C19H23NO5S/c1-13(21)19(22)20-12-15-9-7-14-8-10-17(11-18(14)25-15)26(23,24)16-5-3-2-4-6-16/h2-5,8,10-11,13,15-16,21H,6-7,9,12H2,1H3,(H,20,22)/t13-,15+,16?/m0/s1. The quantitative estimate of drug-likeness (QED) is 0.812. The summed E-state index contributed by atoms with van der Waals surface area (Å²) in [5.74, 6) is 0.0943. The molecule has 1 unspecified atom stereocenters. The van der Waals surface area contributed by atoms with Crippen LogP contribution >= 0.6 is 0 Å². The lowest BCUT2D eigenvalue weighted by molar-refractivity contribution is -0.128. The number of carbonyl (C=O) groups excluding carboxylic acids is 1. The molecule has 0 aromatic heterocycles. The number of benzene rings is 1. The molecule has 26 heavy (non-hydrogen) atoms. The first-order valence-electron chi connectivity index (χ1n) is 8.70. The molecule has 7 heteroatoms. The van der Waals surface area contributed by atoms with Gasteiger partial charge in [0.1, 0.15) is 18.0 Å². The van der Waals surface area contributed by atoms with Gasteiger partial charge in [0.05, 0.1) is 16.7 Å². The smallest absolute Gasteiger partial charge is 0.248 e. The second-order valence-corrected chi connectivity index (χ2v) is 8.77. The molecule has 2 N–H and O–H groups in total. The van der Waals surface area contributed by atoms with Crippen molar-refractivity contribution < 1.29 is 23.1 Å². The number of fused-ring (bicyclic) bond motifs is 1. The lowest BCUT2D eigenvalue weighted by Gasteiger charge is -2.27. The van der Waals surface area contributed by atoms with Gasteiger partial charge in [-0.3, -0.25) is 4.79 Å². The molecule has 0 bridgehead atoms. The van der Waals surface area contributed by atoms with Crippen molar-refractivity contribution in [3.05, 3.63) is 48.1 Å². The number of rotatable bonds is 5. The van der Waals surface area contributed by atoms with E-state index in [9.17, 15) is 18.3 Å². The average Bonchev–Trinajstić information content (AvgIpc) is 2.66. The first-order chi connectivity index (χ1) is 12.4. The number of hydrogen-bond acceptors (Lipinski definition) is 5. The first kappa shape index (κ1) is 18.7. The topological polar surface area (TPSA) is 92.7 Å². The number of amides is 1. The van der Waals surface area contributed by atoms with E-state index in [0.29, 0.717) is 12.2 Å². The Morgan fingerprint density at radius 3 is 2.88 bits per heavy atom. The van der Waals surface area contributed by atoms with E-state index in [2.05, 4.69) is 5.32 Å². The summed E-state index contributed by atoms with van der Waals surface area (Å²) in [4.78, 5) is 11.7. The summed E-state index contributed by atoms with van der Waals surface area (Å²) >= 11 is 0. The summed E-state index contributed by atoms with van der Waals surface area (Å²) in [6.45, 7) is 1.68. The number of hydrogen-bond donors (Lipinski definition) is 2. The summed E-state index contributed by atoms with van der Waals surface area (Å²) in [5, 5.41) is 11.3. The number of carbonyl (C=O) groups is 1. The zero-order valence-electron chi connectivity index (χ0n) is 14.6. The fraction of sp³-hybridized carbons (Fsp3) is 0.421. The van der Waals surface area contributed by atoms with E-state index in [1.54, 1.807) is 30.4 Å². The molecule has 2 aliphatic rings. The zero-order chi connectivity index (χ0) is 18.7. The monoisotopic (exact) mass is 377 g/mol. The minimum Gasteiger partial charge on any atom is -0.488 e. The van der Waals surface area contributed by atoms with Gasteiger partial charge in [0.15, 0.2) is 9.84 Å². The van der Waals surface area contributed by atoms with Gasteiger partial charge in [-0.15, -0.1) is 0 Å². The van der Waals surface area contributed by atoms with Gasteiger partial charge in [-0.05, 0) is 43.9 Å². The molecule has 0 saturated carbocycles. The highest BCUT2D eigenvalue weighted by atomic mass is 32.2. The molecule has 0 fully saturated rings. The van der Waals surface area contributed by atoms with Crippen LogP contribution in [-0.4, -0.2) is 43.4 Å². The van der Waals surface area contributed by atoms with Gasteiger partial charge in [-0.1, -0.05) is 30.4 Å². The van der Waals surface area contributed by atoms with Crippen LogP contribution < -0.4 is 10.1 Å². The van der Waals surface area contributed by atoms with E-state index < -0.39 is 27.1 Å². The third-order valence-electron chi connectivity index (χ3n) is 4.62. The normalized spacial score (nSPS) is 23.0. The fourth-order valence-corrected chi connectivity index (χ4v) is 4.59. The number of aryl methyl sites for hydroxylation is 1. The van der Waals surface area contributed by atoms with Crippen molar-refractivity contribution in [1.29, 1.82) is 0 Å². The molecule has 1 aliphatic heterocycles. The summed E-state index contributed by atoms with van der Waals surface area (Å²) in [6, 6.07) is 5.02. The van der Waals surface area contributed by atoms with Crippen molar-refractivity contribution >= 4 is 15.7 Å². The van der Waals surface area contributed by atoms with Gasteiger partial charge in [0.25, 0.3) is 0 Å². The van der Waals surface area contributed by atoms with Crippen molar-refractivity contribution in [2.24, 2.45) is 0 Å². The Balaban J connectivity index is 1.74. The molecule has 1 aromatic rings. The van der Waals surface area contributed by atoms with E-state index in [-0.39, 0.29) is 17.5 Å². The number of sulfone groups is 1. The molecule has 0 spiro atoms. The number of aliphatic hydroxyl groups is 1. The molecule has 0 radical (unpaired) electrons. The van der Waals surface area contributed by atoms with Crippen LogP contribution in [0.15, 0.2) is 47.4 Å². The first-order valence-corrected chi connectivity index (χ1v) is 10.2. The molecule has 1 heterocycles. The summed E-state index contributed by atoms with van der Waals surface area (Å²) < 4.78 is 31.5. The molecule has 1 aromatic carbocycles. The Labute approximate surface area is 153 Å². The maximum absolute atomic E-state index is 12.8. The lowest BCUT2D eigenvalue weighted by Crippen LogP contribution is -2.41. The number of aliphatic hydroxyl groups excluding tert-OH is 1. The van der Waals surface area contributed by atoms with E-state index in [1.165, 1.54) is 6.92 Å². The molecular weight excluding hydrogens is 354 g/mol. The van der Waals surface area contributed by atoms with Crippen LogP contribution in [0.2, 0.25) is 0 Å². The zero-order valence-corrected chi connectivity index (χ0v) is 15.4. The molecule has 0 saturated heterocycles. The maximum Gasteiger partial charge on any atom is 0.248 e. The Morgan fingerprint density at radius 1 is 1.38 bits per heavy atom. The van der Waals surface area contributed by atoms with Crippen molar-refractivity contribution in [3.8, 4) is 5.75 Å². The Hall–Kier alpha value is -2.12. The molecule has 3 rings (SSSR count). The van der Waals surface area contributed by atoms with Gasteiger partial charge in [0, 0.05) is 0 Å². The third-order valence-corrected chi connectivity index (χ3v) is 6.68. The van der Waals surface area contributed by atoms with Crippen molar-refractivity contribution in [2.45, 2.75) is 48.5 Å². The second-order valence-electron chi connectivity index (χ2n) is 6.60. The minimum atomic E-state index is -3.47. The average molecular weight is 377 g/mol. The van der Waals surface area contributed by atoms with Crippen LogP contribution in [-0.2, 0) is 21.1 Å². The van der Waals surface area contributed by atoms with Gasteiger partial charge < -0.3 is 15.2 Å². The summed E-state index contributed by atoms with van der Waals surface area (Å²) in [7, 11) is -3.47. The molecule has 140 valence electrons. The predicted octanol–water partition coefficient (Wildman–Crippen LogP) is 1.54. The number of ether oxygens (including phenoxy) is 1. The number of allylic oxidation sites excluding steroid dienone is 3. The van der Waals surface area contributed by atoms with Gasteiger partial charge >= 0.3 is 0 Å². The lowest BCUT2D eigenvalue weighted by atomic mass is 10.0. The fourth-order valence-electron chi connectivity index (χ4n) is 3.05. The Morgan fingerprint density at radius 2 is 2.19 bits per heavy atom. The molecule has 1 amide bonds. The third kappa shape index (κ3) is 3.99. The van der Waals surface area contributed by atoms with E-state index in [0.717, 1.165) is 18.4 Å². The van der Waals surface area contributed by atoms with Crippen LogP contribution in [0, 0.1) is 0 Å². The van der Waals surface area contributed by atoms with Crippen LogP contribution in [0.4, 0.5) is 0 Å². The maximum atomic E-state index is 12.8. The largest absolute Gasteiger partial charge is 0.488 e. The minimum absolute atomic E-state index is 0.245. The Bertz CT molecular complexity index is 841. The molecule has 1 aliphatic carbocycles. The van der Waals surface area contributed by atoms with Crippen LogP contribution in [0.25, 0.3) is 0 Å². The van der Waals surface area contributed by atoms with Crippen molar-refractivity contribution in [2.75, 3.05) is 6.54 Å². The van der Waals surface area contributed by atoms with E-state index in [1.807, 2.05) is 12.2 Å². The van der Waals surface area contributed by atoms with Crippen LogP contribution in [0.5, 0.6) is 5.75 Å². The van der Waals surface area contributed by atoms with Crippen LogP contribution in [0.3, 0.4) is 0 Å². The Kier molecular flexibility index (Phi) is 5.48. The van der Waals surface area contributed by atoms with Crippen molar-refractivity contribution in [3.63, 3.8) is 0 Å². The van der Waals surface area contributed by atoms with Crippen LogP contribution in [0.1, 0.15) is 25.3 Å². The van der Waals surface area contributed by atoms with E-state index in [4.69, 9.17) is 4.74 Å². The van der Waals surface area contributed by atoms with Gasteiger partial charge in [-0.2, -0.15) is 0 Å². The van der Waals surface area contributed by atoms with Gasteiger partial charge in [-0.25, -0.2) is 8.42 Å². The molecular formula is C19H23NO5S. The number of nitrogens with one attached hydrogen (secondary N) is 1. The highest BCUT2D eigenvalue weighted by molar-refractivity contribution is 7.92. The van der Waals surface area contributed by atoms with Crippen molar-refractivity contribution in [1.82, 2.24) is 5.32 Å². The summed E-state index contributed by atoms with van der Waals surface area (Å²) in [6.07, 6.45) is 7.75. The van der Waals surface area contributed by atoms with Gasteiger partial charge in [0.2, 0.25) is 5.91 Å². The SMILES string of the molecule is C[C@H](O)C(=O)NC[C@H]1CCc2ccc(S(=O)(=O)C3C=CC=CC3)cc2O1. The summed E-state index contributed by atoms with van der Waals surface area (Å²) in [5.41, 5.74) is 0.959. The predicted molar refractivity (Wildman–Crippen MR) is 97.7 cm³/mol. The molecule has 6 nitrogen and oxygen atoms in total. The highest BCUT2D eigenvalue weighted by Gasteiger charge is 2.28. The molecule has 3 atom stereocenters. The second kappa shape index (κ2) is 7.63.